The van der Waals surface area contributed by atoms with E-state index in [1.54, 1.807) is 11.8 Å². The number of thiophene rings is 1. The van der Waals surface area contributed by atoms with Crippen LogP contribution in [0.2, 0.25) is 0 Å². The van der Waals surface area contributed by atoms with E-state index in [2.05, 4.69) is 78.7 Å². The number of amides is 1. The highest BCUT2D eigenvalue weighted by atomic mass is 32.2. The van der Waals surface area contributed by atoms with E-state index >= 15 is 0 Å². The van der Waals surface area contributed by atoms with E-state index < -0.39 is 0 Å². The predicted octanol–water partition coefficient (Wildman–Crippen LogP) is 5.48. The minimum absolute atomic E-state index is 0.0549. The van der Waals surface area contributed by atoms with Crippen molar-refractivity contribution in [3.63, 3.8) is 0 Å². The number of aryl methyl sites for hydroxylation is 3. The Hall–Kier alpha value is -2.77. The molecule has 0 aliphatic carbocycles. The van der Waals surface area contributed by atoms with Crippen molar-refractivity contribution in [2.75, 3.05) is 4.90 Å². The number of benzene rings is 2. The second kappa shape index (κ2) is 8.64. The van der Waals surface area contributed by atoms with Crippen molar-refractivity contribution < 1.29 is 4.79 Å². The van der Waals surface area contributed by atoms with Crippen molar-refractivity contribution in [3.8, 4) is 0 Å². The van der Waals surface area contributed by atoms with Gasteiger partial charge >= 0.3 is 0 Å². The van der Waals surface area contributed by atoms with Crippen LogP contribution < -0.4 is 10.3 Å². The number of thioether (sulfide) groups is 1. The number of hydrogen-bond donors (Lipinski definition) is 1. The van der Waals surface area contributed by atoms with Crippen LogP contribution in [-0.2, 0) is 18.7 Å². The Morgan fingerprint density at radius 1 is 1.09 bits per heavy atom. The molecule has 2 aromatic carbocycles. The SMILES string of the molecule is CCc1ccc(CN2C(=O)c3sccc3N3C(SCc4cc(C)ccc4C)=NNC23)cc1. The van der Waals surface area contributed by atoms with Crippen molar-refractivity contribution >= 4 is 39.9 Å². The maximum Gasteiger partial charge on any atom is 0.269 e. The molecule has 1 N–H and O–H groups in total. The van der Waals surface area contributed by atoms with Crippen molar-refractivity contribution in [2.24, 2.45) is 5.10 Å². The smallest absolute Gasteiger partial charge is 0.269 e. The van der Waals surface area contributed by atoms with Gasteiger partial charge in [0.15, 0.2) is 5.17 Å². The molecule has 5 rings (SSSR count). The number of carbonyl (C=O) groups excluding carboxylic acids is 1. The molecule has 1 aromatic heterocycles. The molecule has 1 unspecified atom stereocenters. The first kappa shape index (κ1) is 21.1. The topological polar surface area (TPSA) is 47.9 Å². The number of rotatable bonds is 5. The third-order valence-electron chi connectivity index (χ3n) is 6.03. The van der Waals surface area contributed by atoms with E-state index in [0.29, 0.717) is 6.54 Å². The minimum Gasteiger partial charge on any atom is -0.294 e. The molecule has 1 amide bonds. The zero-order chi connectivity index (χ0) is 22.2. The summed E-state index contributed by atoms with van der Waals surface area (Å²) in [5, 5.41) is 7.53. The maximum absolute atomic E-state index is 13.3. The zero-order valence-corrected chi connectivity index (χ0v) is 20.1. The van der Waals surface area contributed by atoms with E-state index in [1.165, 1.54) is 33.6 Å². The van der Waals surface area contributed by atoms with Gasteiger partial charge in [-0.2, -0.15) is 5.10 Å². The van der Waals surface area contributed by atoms with Crippen LogP contribution in [0.3, 0.4) is 0 Å². The van der Waals surface area contributed by atoms with Gasteiger partial charge < -0.3 is 0 Å². The minimum atomic E-state index is -0.309. The largest absolute Gasteiger partial charge is 0.294 e. The highest BCUT2D eigenvalue weighted by molar-refractivity contribution is 8.13. The van der Waals surface area contributed by atoms with Gasteiger partial charge in [0.25, 0.3) is 5.91 Å². The number of carbonyl (C=O) groups is 1. The molecule has 0 radical (unpaired) electrons. The van der Waals surface area contributed by atoms with E-state index in [1.807, 2.05) is 16.3 Å². The fraction of sp³-hybridized carbons (Fsp3) is 0.280. The molecule has 7 heteroatoms. The summed E-state index contributed by atoms with van der Waals surface area (Å²) in [6.45, 7) is 6.96. The number of anilines is 1. The first-order chi connectivity index (χ1) is 15.5. The number of fused-ring (bicyclic) bond motifs is 3. The third kappa shape index (κ3) is 3.80. The van der Waals surface area contributed by atoms with Crippen LogP contribution in [0, 0.1) is 13.8 Å². The first-order valence-corrected chi connectivity index (χ1v) is 12.7. The molecule has 3 aromatic rings. The monoisotopic (exact) mass is 462 g/mol. The molecule has 32 heavy (non-hydrogen) atoms. The summed E-state index contributed by atoms with van der Waals surface area (Å²) in [5.41, 5.74) is 10.5. The van der Waals surface area contributed by atoms with Gasteiger partial charge in [-0.3, -0.25) is 20.0 Å². The van der Waals surface area contributed by atoms with E-state index in [-0.39, 0.29) is 12.2 Å². The lowest BCUT2D eigenvalue weighted by Gasteiger charge is -2.39. The van der Waals surface area contributed by atoms with Gasteiger partial charge in [0, 0.05) is 12.3 Å². The molecule has 0 saturated carbocycles. The summed E-state index contributed by atoms with van der Waals surface area (Å²) >= 11 is 3.21. The first-order valence-electron chi connectivity index (χ1n) is 10.8. The van der Waals surface area contributed by atoms with Crippen LogP contribution in [-0.4, -0.2) is 22.3 Å². The van der Waals surface area contributed by atoms with Gasteiger partial charge in [-0.1, -0.05) is 66.7 Å². The summed E-state index contributed by atoms with van der Waals surface area (Å²) in [6.07, 6.45) is 0.699. The van der Waals surface area contributed by atoms with E-state index in [4.69, 9.17) is 0 Å². The van der Waals surface area contributed by atoms with Crippen molar-refractivity contribution in [1.29, 1.82) is 0 Å². The molecule has 0 bridgehead atoms. The molecule has 5 nitrogen and oxygen atoms in total. The zero-order valence-electron chi connectivity index (χ0n) is 18.5. The van der Waals surface area contributed by atoms with Gasteiger partial charge in [-0.15, -0.1) is 11.3 Å². The van der Waals surface area contributed by atoms with E-state index in [0.717, 1.165) is 33.5 Å². The number of hydrazone groups is 1. The third-order valence-corrected chi connectivity index (χ3v) is 7.92. The molecule has 2 aliphatic rings. The summed E-state index contributed by atoms with van der Waals surface area (Å²) in [5.74, 6) is 0.891. The average molecular weight is 463 g/mol. The van der Waals surface area contributed by atoms with Crippen molar-refractivity contribution in [3.05, 3.63) is 86.6 Å². The quantitative estimate of drug-likeness (QED) is 0.545. The average Bonchev–Trinajstić information content (AvgIpc) is 3.45. The Morgan fingerprint density at radius 2 is 1.88 bits per heavy atom. The summed E-state index contributed by atoms with van der Waals surface area (Å²) < 4.78 is 0. The molecule has 1 atom stereocenters. The molecular weight excluding hydrogens is 436 g/mol. The lowest BCUT2D eigenvalue weighted by Crippen LogP contribution is -2.57. The second-order valence-electron chi connectivity index (χ2n) is 8.22. The van der Waals surface area contributed by atoms with Crippen LogP contribution in [0.4, 0.5) is 5.69 Å². The van der Waals surface area contributed by atoms with Crippen LogP contribution in [0.5, 0.6) is 0 Å². The molecule has 0 saturated heterocycles. The Kier molecular flexibility index (Phi) is 5.69. The van der Waals surface area contributed by atoms with Gasteiger partial charge in [-0.25, -0.2) is 0 Å². The molecule has 164 valence electrons. The van der Waals surface area contributed by atoms with Crippen molar-refractivity contribution in [2.45, 2.75) is 45.8 Å². The summed E-state index contributed by atoms with van der Waals surface area (Å²) in [6, 6.07) is 17.1. The van der Waals surface area contributed by atoms with Gasteiger partial charge in [-0.05, 0) is 54.0 Å². The van der Waals surface area contributed by atoms with Gasteiger partial charge in [0.1, 0.15) is 4.88 Å². The summed E-state index contributed by atoms with van der Waals surface area (Å²) in [7, 11) is 0. The molecule has 2 aliphatic heterocycles. The second-order valence-corrected chi connectivity index (χ2v) is 10.1. The fourth-order valence-electron chi connectivity index (χ4n) is 4.10. The molecule has 0 fully saturated rings. The lowest BCUT2D eigenvalue weighted by molar-refractivity contribution is 0.0629. The standard InChI is InChI=1S/C25H26N4OS2/c1-4-18-7-9-19(10-8-18)14-28-23(30)22-21(11-12-31-22)29-24(28)26-27-25(29)32-15-20-13-16(2)5-6-17(20)3/h5-13,24,26H,4,14-15H2,1-3H3. The highest BCUT2D eigenvalue weighted by Crippen LogP contribution is 2.39. The maximum atomic E-state index is 13.3. The molecule has 0 spiro atoms. The number of hydrogen-bond acceptors (Lipinski definition) is 6. The van der Waals surface area contributed by atoms with Gasteiger partial charge in [0.05, 0.1) is 5.69 Å². The molecule has 3 heterocycles. The Labute approximate surface area is 197 Å². The number of nitrogens with one attached hydrogen (secondary N) is 1. The predicted molar refractivity (Wildman–Crippen MR) is 134 cm³/mol. The fourth-order valence-corrected chi connectivity index (χ4v) is 5.99. The van der Waals surface area contributed by atoms with E-state index in [9.17, 15) is 4.79 Å². The highest BCUT2D eigenvalue weighted by Gasteiger charge is 2.43. The lowest BCUT2D eigenvalue weighted by atomic mass is 10.1. The van der Waals surface area contributed by atoms with Crippen molar-refractivity contribution in [1.82, 2.24) is 10.3 Å². The van der Waals surface area contributed by atoms with Crippen LogP contribution in [0.25, 0.3) is 0 Å². The van der Waals surface area contributed by atoms with Crippen LogP contribution in [0.1, 0.15) is 44.4 Å². The van der Waals surface area contributed by atoms with Gasteiger partial charge in [0.2, 0.25) is 6.29 Å². The number of amidine groups is 1. The van der Waals surface area contributed by atoms with Crippen LogP contribution >= 0.6 is 23.1 Å². The Bertz CT molecular complexity index is 1180. The summed E-state index contributed by atoms with van der Waals surface area (Å²) in [4.78, 5) is 18.2. The molecular formula is C25H26N4OS2. The van der Waals surface area contributed by atoms with Crippen LogP contribution in [0.15, 0.2) is 59.0 Å². The number of nitrogens with zero attached hydrogens (tertiary/aromatic N) is 3. The Balaban J connectivity index is 1.40. The Morgan fingerprint density at radius 3 is 2.66 bits per heavy atom. The normalized spacial score (nSPS) is 17.2.